The van der Waals surface area contributed by atoms with E-state index in [1.54, 1.807) is 26.4 Å². The molecule has 0 N–H and O–H groups in total. The Morgan fingerprint density at radius 1 is 1.10 bits per heavy atom. The van der Waals surface area contributed by atoms with Crippen LogP contribution in [-0.4, -0.2) is 49.3 Å². The van der Waals surface area contributed by atoms with Crippen molar-refractivity contribution in [3.8, 4) is 22.8 Å². The Balaban J connectivity index is 1.95. The SMILES string of the molecule is COc1ccc2c(c1OC)CCc1c-2n(CCCN(C)C)c2cc([N+](=O)[O-])ccc12. The normalized spacial score (nSPS) is 12.7. The summed E-state index contributed by atoms with van der Waals surface area (Å²) in [6.45, 7) is 1.74. The number of aryl methyl sites for hydroxylation is 2. The first-order chi connectivity index (χ1) is 14.5. The lowest BCUT2D eigenvalue weighted by Gasteiger charge is -2.23. The van der Waals surface area contributed by atoms with Gasteiger partial charge in [-0.05, 0) is 63.7 Å². The van der Waals surface area contributed by atoms with Crippen LogP contribution in [0.4, 0.5) is 5.69 Å². The molecule has 2 aromatic carbocycles. The molecule has 0 saturated heterocycles. The van der Waals surface area contributed by atoms with Gasteiger partial charge in [-0.15, -0.1) is 0 Å². The van der Waals surface area contributed by atoms with Crippen LogP contribution >= 0.6 is 0 Å². The van der Waals surface area contributed by atoms with Crippen molar-refractivity contribution in [1.29, 1.82) is 0 Å². The highest BCUT2D eigenvalue weighted by Crippen LogP contribution is 2.46. The van der Waals surface area contributed by atoms with Crippen LogP contribution in [0.5, 0.6) is 11.5 Å². The summed E-state index contributed by atoms with van der Waals surface area (Å²) in [6.07, 6.45) is 2.66. The molecule has 158 valence electrons. The number of benzene rings is 2. The first-order valence-electron chi connectivity index (χ1n) is 10.1. The van der Waals surface area contributed by atoms with Gasteiger partial charge in [-0.25, -0.2) is 0 Å². The molecule has 0 saturated carbocycles. The molecule has 3 aromatic rings. The summed E-state index contributed by atoms with van der Waals surface area (Å²) in [5.74, 6) is 1.50. The maximum absolute atomic E-state index is 11.4. The van der Waals surface area contributed by atoms with Crippen LogP contribution in [0.15, 0.2) is 30.3 Å². The first kappa shape index (κ1) is 20.2. The monoisotopic (exact) mass is 409 g/mol. The lowest BCUT2D eigenvalue weighted by molar-refractivity contribution is -0.384. The summed E-state index contributed by atoms with van der Waals surface area (Å²) in [4.78, 5) is 13.2. The summed E-state index contributed by atoms with van der Waals surface area (Å²) >= 11 is 0. The van der Waals surface area contributed by atoms with E-state index in [1.807, 2.05) is 12.1 Å². The second-order valence-electron chi connectivity index (χ2n) is 7.92. The van der Waals surface area contributed by atoms with E-state index in [0.717, 1.165) is 71.6 Å². The molecule has 7 nitrogen and oxygen atoms in total. The highest BCUT2D eigenvalue weighted by atomic mass is 16.6. The number of methoxy groups -OCH3 is 2. The molecule has 1 aliphatic rings. The summed E-state index contributed by atoms with van der Waals surface area (Å²) in [5.41, 5.74) is 5.71. The summed E-state index contributed by atoms with van der Waals surface area (Å²) in [7, 11) is 7.43. The van der Waals surface area contributed by atoms with Crippen LogP contribution in [-0.2, 0) is 19.4 Å². The Hall–Kier alpha value is -3.06. The number of rotatable bonds is 7. The molecule has 1 heterocycles. The molecule has 0 atom stereocenters. The van der Waals surface area contributed by atoms with Crippen molar-refractivity contribution < 1.29 is 14.4 Å². The number of ether oxygens (including phenoxy) is 2. The van der Waals surface area contributed by atoms with Gasteiger partial charge in [0.25, 0.3) is 5.69 Å². The number of nitro benzene ring substituents is 1. The number of hydrogen-bond donors (Lipinski definition) is 0. The third-order valence-corrected chi connectivity index (χ3v) is 5.88. The van der Waals surface area contributed by atoms with Gasteiger partial charge in [0, 0.05) is 35.2 Å². The van der Waals surface area contributed by atoms with E-state index in [-0.39, 0.29) is 10.6 Å². The average molecular weight is 409 g/mol. The minimum atomic E-state index is -0.322. The van der Waals surface area contributed by atoms with Crippen molar-refractivity contribution in [2.75, 3.05) is 34.9 Å². The van der Waals surface area contributed by atoms with Crippen LogP contribution < -0.4 is 9.47 Å². The van der Waals surface area contributed by atoms with E-state index >= 15 is 0 Å². The molecule has 0 fully saturated rings. The predicted octanol–water partition coefficient (Wildman–Crippen LogP) is 4.28. The number of nitro groups is 1. The predicted molar refractivity (Wildman–Crippen MR) is 118 cm³/mol. The number of hydrogen-bond acceptors (Lipinski definition) is 5. The fourth-order valence-electron chi connectivity index (χ4n) is 4.57. The first-order valence-corrected chi connectivity index (χ1v) is 10.1. The summed E-state index contributed by atoms with van der Waals surface area (Å²) in [5, 5.41) is 12.5. The Morgan fingerprint density at radius 3 is 2.53 bits per heavy atom. The van der Waals surface area contributed by atoms with Gasteiger partial charge in [-0.3, -0.25) is 10.1 Å². The quantitative estimate of drug-likeness (QED) is 0.430. The highest BCUT2D eigenvalue weighted by Gasteiger charge is 2.28. The minimum Gasteiger partial charge on any atom is -0.493 e. The molecule has 1 aliphatic carbocycles. The molecule has 0 aliphatic heterocycles. The zero-order chi connectivity index (χ0) is 21.4. The topological polar surface area (TPSA) is 69.8 Å². The van der Waals surface area contributed by atoms with Gasteiger partial charge in [-0.1, -0.05) is 0 Å². The molecular weight excluding hydrogens is 382 g/mol. The van der Waals surface area contributed by atoms with Gasteiger partial charge < -0.3 is 18.9 Å². The molecule has 0 unspecified atom stereocenters. The molecule has 0 spiro atoms. The number of fused-ring (bicyclic) bond motifs is 5. The van der Waals surface area contributed by atoms with E-state index in [4.69, 9.17) is 9.47 Å². The molecule has 0 radical (unpaired) electrons. The Kier molecular flexibility index (Phi) is 5.39. The van der Waals surface area contributed by atoms with Crippen LogP contribution in [0, 0.1) is 10.1 Å². The third-order valence-electron chi connectivity index (χ3n) is 5.88. The van der Waals surface area contributed by atoms with Crippen LogP contribution in [0.3, 0.4) is 0 Å². The summed E-state index contributed by atoms with van der Waals surface area (Å²) < 4.78 is 13.5. The molecule has 7 heteroatoms. The second kappa shape index (κ2) is 7.99. The van der Waals surface area contributed by atoms with Crippen molar-refractivity contribution >= 4 is 16.6 Å². The van der Waals surface area contributed by atoms with Gasteiger partial charge in [0.1, 0.15) is 0 Å². The Bertz CT molecular complexity index is 1120. The maximum Gasteiger partial charge on any atom is 0.271 e. The van der Waals surface area contributed by atoms with E-state index in [1.165, 1.54) is 5.56 Å². The van der Waals surface area contributed by atoms with Crippen LogP contribution in [0.2, 0.25) is 0 Å². The van der Waals surface area contributed by atoms with Crippen molar-refractivity contribution in [1.82, 2.24) is 9.47 Å². The number of nitrogens with zero attached hydrogens (tertiary/aromatic N) is 3. The molecule has 30 heavy (non-hydrogen) atoms. The molecule has 4 rings (SSSR count). The zero-order valence-corrected chi connectivity index (χ0v) is 17.9. The van der Waals surface area contributed by atoms with Gasteiger partial charge in [0.15, 0.2) is 11.5 Å². The second-order valence-corrected chi connectivity index (χ2v) is 7.92. The summed E-state index contributed by atoms with van der Waals surface area (Å²) in [6, 6.07) is 9.25. The largest absolute Gasteiger partial charge is 0.493 e. The van der Waals surface area contributed by atoms with Crippen LogP contribution in [0.25, 0.3) is 22.2 Å². The lowest BCUT2D eigenvalue weighted by Crippen LogP contribution is -2.16. The maximum atomic E-state index is 11.4. The average Bonchev–Trinajstić information content (AvgIpc) is 3.05. The van der Waals surface area contributed by atoms with Gasteiger partial charge >= 0.3 is 0 Å². The van der Waals surface area contributed by atoms with Gasteiger partial charge in [0.2, 0.25) is 0 Å². The standard InChI is InChI=1S/C23H27N3O4/c1-24(2)12-5-13-25-20-14-15(26(27)28)6-7-16(20)17-8-9-19-18(22(17)25)10-11-21(29-3)23(19)30-4/h6-7,10-11,14H,5,8-9,12-13H2,1-4H3. The lowest BCUT2D eigenvalue weighted by atomic mass is 9.88. The fraction of sp³-hybridized carbons (Fsp3) is 0.391. The molecule has 1 aromatic heterocycles. The van der Waals surface area contributed by atoms with E-state index in [2.05, 4.69) is 29.6 Å². The molecular formula is C23H27N3O4. The Morgan fingerprint density at radius 2 is 1.87 bits per heavy atom. The van der Waals surface area contributed by atoms with Gasteiger partial charge in [0.05, 0.1) is 30.4 Å². The van der Waals surface area contributed by atoms with Gasteiger partial charge in [-0.2, -0.15) is 0 Å². The highest BCUT2D eigenvalue weighted by molar-refractivity contribution is 5.95. The van der Waals surface area contributed by atoms with Crippen molar-refractivity contribution in [2.24, 2.45) is 0 Å². The number of non-ortho nitro benzene ring substituents is 1. The van der Waals surface area contributed by atoms with Crippen molar-refractivity contribution in [3.63, 3.8) is 0 Å². The zero-order valence-electron chi connectivity index (χ0n) is 17.9. The molecule has 0 bridgehead atoms. The van der Waals surface area contributed by atoms with Crippen LogP contribution in [0.1, 0.15) is 17.5 Å². The minimum absolute atomic E-state index is 0.124. The van der Waals surface area contributed by atoms with E-state index in [9.17, 15) is 10.1 Å². The number of aromatic nitrogens is 1. The Labute approximate surface area is 176 Å². The van der Waals surface area contributed by atoms with Crippen molar-refractivity contribution in [3.05, 3.63) is 51.6 Å². The fourth-order valence-corrected chi connectivity index (χ4v) is 4.57. The molecule has 0 amide bonds. The van der Waals surface area contributed by atoms with Crippen molar-refractivity contribution in [2.45, 2.75) is 25.8 Å². The van der Waals surface area contributed by atoms with E-state index in [0.29, 0.717) is 0 Å². The smallest absolute Gasteiger partial charge is 0.271 e. The van der Waals surface area contributed by atoms with E-state index < -0.39 is 0 Å². The third kappa shape index (κ3) is 3.29.